The van der Waals surface area contributed by atoms with Gasteiger partial charge in [-0.3, -0.25) is 9.69 Å². The molecule has 2 aromatic rings. The largest absolute Gasteiger partial charge is 0.462 e. The Morgan fingerprint density at radius 2 is 1.93 bits per heavy atom. The van der Waals surface area contributed by atoms with E-state index in [4.69, 9.17) is 4.74 Å². The Labute approximate surface area is 181 Å². The second-order valence-electron chi connectivity index (χ2n) is 7.07. The van der Waals surface area contributed by atoms with Crippen LogP contribution in [0.2, 0.25) is 0 Å². The number of amides is 1. The zero-order chi connectivity index (χ0) is 21.7. The van der Waals surface area contributed by atoms with Gasteiger partial charge in [-0.05, 0) is 44.0 Å². The molecule has 0 radical (unpaired) electrons. The minimum absolute atomic E-state index is 0.0893. The van der Waals surface area contributed by atoms with Crippen LogP contribution in [0.3, 0.4) is 0 Å². The summed E-state index contributed by atoms with van der Waals surface area (Å²) < 4.78 is 30.2. The van der Waals surface area contributed by atoms with Crippen LogP contribution in [0.5, 0.6) is 0 Å². The van der Waals surface area contributed by atoms with Gasteiger partial charge in [0.25, 0.3) is 0 Å². The summed E-state index contributed by atoms with van der Waals surface area (Å²) in [4.78, 5) is 28.6. The fourth-order valence-electron chi connectivity index (χ4n) is 3.52. The number of nitrogens with zero attached hydrogens (tertiary/aromatic N) is 1. The number of fused-ring (bicyclic) bond motifs is 1. The smallest absolute Gasteiger partial charge is 0.341 e. The van der Waals surface area contributed by atoms with Gasteiger partial charge in [0, 0.05) is 18.0 Å². The van der Waals surface area contributed by atoms with E-state index in [9.17, 15) is 18.0 Å². The molecule has 0 spiro atoms. The summed E-state index contributed by atoms with van der Waals surface area (Å²) >= 11 is 1.33. The second-order valence-corrected chi connectivity index (χ2v) is 10.2. The average Bonchev–Trinajstić information content (AvgIpc) is 3.05. The van der Waals surface area contributed by atoms with Crippen molar-refractivity contribution in [1.82, 2.24) is 4.90 Å². The summed E-state index contributed by atoms with van der Waals surface area (Å²) in [7, 11) is -3.77. The molecule has 7 nitrogen and oxygen atoms in total. The number of nitrogens with one attached hydrogen (secondary N) is 1. The predicted octanol–water partition coefficient (Wildman–Crippen LogP) is 3.11. The minimum atomic E-state index is -3.77. The summed E-state index contributed by atoms with van der Waals surface area (Å²) in [6.07, 6.45) is 1.73. The predicted molar refractivity (Wildman–Crippen MR) is 117 cm³/mol. The zero-order valence-corrected chi connectivity index (χ0v) is 18.8. The molecule has 9 heteroatoms. The molecule has 0 unspecified atom stereocenters. The summed E-state index contributed by atoms with van der Waals surface area (Å²) in [5.41, 5.74) is 1.26. The van der Waals surface area contributed by atoms with Gasteiger partial charge in [-0.15, -0.1) is 11.3 Å². The van der Waals surface area contributed by atoms with E-state index >= 15 is 0 Å². The van der Waals surface area contributed by atoms with Crippen LogP contribution in [-0.2, 0) is 32.3 Å². The van der Waals surface area contributed by atoms with Crippen LogP contribution < -0.4 is 5.32 Å². The van der Waals surface area contributed by atoms with Crippen molar-refractivity contribution in [3.63, 3.8) is 0 Å². The minimum Gasteiger partial charge on any atom is -0.462 e. The average molecular weight is 451 g/mol. The van der Waals surface area contributed by atoms with E-state index in [1.165, 1.54) is 23.5 Å². The maximum absolute atomic E-state index is 12.6. The highest BCUT2D eigenvalue weighted by atomic mass is 32.2. The third-order valence-corrected chi connectivity index (χ3v) is 7.60. The lowest BCUT2D eigenvalue weighted by Crippen LogP contribution is -2.31. The number of rotatable bonds is 8. The van der Waals surface area contributed by atoms with E-state index in [1.54, 1.807) is 25.1 Å². The van der Waals surface area contributed by atoms with Crippen molar-refractivity contribution in [3.8, 4) is 0 Å². The van der Waals surface area contributed by atoms with E-state index in [0.717, 1.165) is 30.0 Å². The lowest BCUT2D eigenvalue weighted by molar-refractivity contribution is -0.113. The molecule has 1 N–H and O–H groups in total. The second kappa shape index (κ2) is 9.72. The Hall–Kier alpha value is -2.23. The number of sulfone groups is 1. The quantitative estimate of drug-likeness (QED) is 0.621. The summed E-state index contributed by atoms with van der Waals surface area (Å²) in [5, 5.41) is 3.03. The zero-order valence-electron chi connectivity index (χ0n) is 17.1. The van der Waals surface area contributed by atoms with Crippen molar-refractivity contribution in [3.05, 3.63) is 46.3 Å². The fourth-order valence-corrected chi connectivity index (χ4v) is 5.97. The van der Waals surface area contributed by atoms with Gasteiger partial charge in [0.05, 0.1) is 17.1 Å². The standard InChI is InChI=1S/C21H26N2O5S2/c1-3-11-23-12-10-16-17(13-23)29-20(19(16)21(25)28-4-2)22-18(24)14-30(26,27)15-8-6-5-7-9-15/h5-9H,3-4,10-14H2,1-2H3,(H,22,24). The van der Waals surface area contributed by atoms with E-state index < -0.39 is 27.5 Å². The first-order valence-electron chi connectivity index (χ1n) is 9.97. The van der Waals surface area contributed by atoms with Crippen molar-refractivity contribution in [1.29, 1.82) is 0 Å². The first-order chi connectivity index (χ1) is 14.4. The van der Waals surface area contributed by atoms with Crippen molar-refractivity contribution < 1.29 is 22.7 Å². The Kier molecular flexibility index (Phi) is 7.27. The molecule has 0 saturated heterocycles. The monoisotopic (exact) mass is 450 g/mol. The molecular weight excluding hydrogens is 424 g/mol. The molecule has 1 aliphatic heterocycles. The van der Waals surface area contributed by atoms with Gasteiger partial charge in [0.2, 0.25) is 5.91 Å². The van der Waals surface area contributed by atoms with Gasteiger partial charge in [0.15, 0.2) is 9.84 Å². The maximum Gasteiger partial charge on any atom is 0.341 e. The number of carbonyl (C=O) groups excluding carboxylic acids is 2. The van der Waals surface area contributed by atoms with E-state index in [-0.39, 0.29) is 11.5 Å². The number of anilines is 1. The van der Waals surface area contributed by atoms with Gasteiger partial charge in [0.1, 0.15) is 10.8 Å². The van der Waals surface area contributed by atoms with E-state index in [0.29, 0.717) is 23.5 Å². The molecular formula is C21H26N2O5S2. The molecule has 3 rings (SSSR count). The summed E-state index contributed by atoms with van der Waals surface area (Å²) in [5.74, 6) is -1.85. The number of hydrogen-bond acceptors (Lipinski definition) is 7. The number of thiophene rings is 1. The van der Waals surface area contributed by atoms with Gasteiger partial charge in [-0.2, -0.15) is 0 Å². The number of ether oxygens (including phenoxy) is 1. The van der Waals surface area contributed by atoms with Crippen molar-refractivity contribution in [2.45, 2.75) is 38.1 Å². The topological polar surface area (TPSA) is 92.8 Å². The maximum atomic E-state index is 12.6. The van der Waals surface area contributed by atoms with Gasteiger partial charge in [-0.25, -0.2) is 13.2 Å². The number of carbonyl (C=O) groups is 2. The van der Waals surface area contributed by atoms with Crippen LogP contribution in [0.25, 0.3) is 0 Å². The molecule has 1 amide bonds. The first-order valence-corrected chi connectivity index (χ1v) is 12.4. The van der Waals surface area contributed by atoms with Crippen LogP contribution >= 0.6 is 11.3 Å². The van der Waals surface area contributed by atoms with Crippen LogP contribution in [0.4, 0.5) is 5.00 Å². The highest BCUT2D eigenvalue weighted by Gasteiger charge is 2.30. The van der Waals surface area contributed by atoms with Crippen molar-refractivity contribution in [2.24, 2.45) is 0 Å². The Bertz CT molecular complexity index is 1020. The van der Waals surface area contributed by atoms with Gasteiger partial charge < -0.3 is 10.1 Å². The molecule has 1 aliphatic rings. The lowest BCUT2D eigenvalue weighted by Gasteiger charge is -2.26. The summed E-state index contributed by atoms with van der Waals surface area (Å²) in [6.45, 7) is 6.57. The SMILES string of the molecule is CCCN1CCc2c(sc(NC(=O)CS(=O)(=O)c3ccccc3)c2C(=O)OCC)C1. The Morgan fingerprint density at radius 3 is 2.60 bits per heavy atom. The molecule has 2 heterocycles. The molecule has 1 aromatic heterocycles. The molecule has 30 heavy (non-hydrogen) atoms. The van der Waals surface area contributed by atoms with Crippen LogP contribution in [0, 0.1) is 0 Å². The molecule has 0 atom stereocenters. The van der Waals surface area contributed by atoms with Gasteiger partial charge in [-0.1, -0.05) is 25.1 Å². The number of benzene rings is 1. The van der Waals surface area contributed by atoms with Crippen LogP contribution in [-0.4, -0.2) is 50.6 Å². The molecule has 0 saturated carbocycles. The van der Waals surface area contributed by atoms with Crippen molar-refractivity contribution in [2.75, 3.05) is 30.8 Å². The molecule has 0 fully saturated rings. The molecule has 0 bridgehead atoms. The highest BCUT2D eigenvalue weighted by molar-refractivity contribution is 7.92. The highest BCUT2D eigenvalue weighted by Crippen LogP contribution is 2.37. The molecule has 162 valence electrons. The van der Waals surface area contributed by atoms with Crippen molar-refractivity contribution >= 4 is 38.1 Å². The normalized spacial score (nSPS) is 14.2. The molecule has 1 aromatic carbocycles. The number of hydrogen-bond donors (Lipinski definition) is 1. The van der Waals surface area contributed by atoms with Crippen LogP contribution in [0.1, 0.15) is 41.1 Å². The third-order valence-electron chi connectivity index (χ3n) is 4.83. The lowest BCUT2D eigenvalue weighted by atomic mass is 10.0. The number of esters is 1. The fraction of sp³-hybridized carbons (Fsp3) is 0.429. The van der Waals surface area contributed by atoms with E-state index in [1.807, 2.05) is 0 Å². The summed E-state index contributed by atoms with van der Waals surface area (Å²) in [6, 6.07) is 7.85. The molecule has 0 aliphatic carbocycles. The van der Waals surface area contributed by atoms with Gasteiger partial charge >= 0.3 is 5.97 Å². The third kappa shape index (κ3) is 5.08. The van der Waals surface area contributed by atoms with Crippen LogP contribution in [0.15, 0.2) is 35.2 Å². The first kappa shape index (κ1) is 22.5. The Morgan fingerprint density at radius 1 is 1.20 bits per heavy atom. The Balaban J connectivity index is 1.84. The van der Waals surface area contributed by atoms with E-state index in [2.05, 4.69) is 17.1 Å².